The second-order valence-electron chi connectivity index (χ2n) is 11.4. The normalized spacial score (nSPS) is 17.8. The molecule has 0 atom stereocenters. The molecule has 0 saturated carbocycles. The Hall–Kier alpha value is -3.09. The van der Waals surface area contributed by atoms with Crippen molar-refractivity contribution in [2.45, 2.75) is 84.6 Å². The van der Waals surface area contributed by atoms with Crippen LogP contribution in [0, 0.1) is 0 Å². The summed E-state index contributed by atoms with van der Waals surface area (Å²) >= 11 is 0. The SMILES string of the molecule is COc1cc2c(c3c1OC(C)(C)C3)C(c1ccn(CC(=O)OC(C)(C)C)c(=O)c1)=NC(C)(C)C2. The van der Waals surface area contributed by atoms with Gasteiger partial charge in [-0.2, -0.15) is 0 Å². The Morgan fingerprint density at radius 2 is 1.88 bits per heavy atom. The Kier molecular flexibility index (Phi) is 5.66. The molecule has 0 aliphatic carbocycles. The van der Waals surface area contributed by atoms with E-state index in [1.807, 2.05) is 12.1 Å². The molecule has 0 bridgehead atoms. The number of nitrogens with zero attached hydrogens (tertiary/aromatic N) is 2. The minimum Gasteiger partial charge on any atom is -0.493 e. The molecule has 0 radical (unpaired) electrons. The number of aliphatic imine (C=N–C) groups is 1. The largest absolute Gasteiger partial charge is 0.493 e. The Morgan fingerprint density at radius 3 is 2.50 bits per heavy atom. The van der Waals surface area contributed by atoms with Crippen molar-refractivity contribution in [2.75, 3.05) is 7.11 Å². The average molecular weight is 467 g/mol. The van der Waals surface area contributed by atoms with Gasteiger partial charge in [-0.25, -0.2) is 0 Å². The molecular weight excluding hydrogens is 432 g/mol. The molecule has 0 unspecified atom stereocenters. The lowest BCUT2D eigenvalue weighted by molar-refractivity contribution is -0.155. The van der Waals surface area contributed by atoms with Crippen molar-refractivity contribution in [3.8, 4) is 11.5 Å². The lowest BCUT2D eigenvalue weighted by atomic mass is 9.81. The summed E-state index contributed by atoms with van der Waals surface area (Å²) in [6, 6.07) is 5.43. The first-order valence-electron chi connectivity index (χ1n) is 11.6. The monoisotopic (exact) mass is 466 g/mol. The minimum atomic E-state index is -0.607. The fourth-order valence-electron chi connectivity index (χ4n) is 4.73. The second kappa shape index (κ2) is 8.00. The number of hydrogen-bond donors (Lipinski definition) is 0. The van der Waals surface area contributed by atoms with Crippen molar-refractivity contribution in [3.63, 3.8) is 0 Å². The number of methoxy groups -OCH3 is 1. The van der Waals surface area contributed by atoms with Gasteiger partial charge in [-0.05, 0) is 72.6 Å². The molecule has 34 heavy (non-hydrogen) atoms. The van der Waals surface area contributed by atoms with E-state index in [0.29, 0.717) is 0 Å². The van der Waals surface area contributed by atoms with Crippen LogP contribution in [0.5, 0.6) is 11.5 Å². The molecular formula is C27H34N2O5. The standard InChI is InChI=1S/C27H34N2O5/c1-25(2,3)33-21(31)15-29-10-9-16(12-20(29)30)23-22-17(13-26(4,5)28-23)11-19(32-8)24-18(22)14-27(6,7)34-24/h9-12H,13-15H2,1-8H3. The number of hydrogen-bond acceptors (Lipinski definition) is 6. The van der Waals surface area contributed by atoms with Gasteiger partial charge in [-0.3, -0.25) is 14.6 Å². The van der Waals surface area contributed by atoms with Crippen molar-refractivity contribution in [3.05, 3.63) is 57.0 Å². The van der Waals surface area contributed by atoms with Crippen LogP contribution in [-0.2, 0) is 28.9 Å². The number of benzene rings is 1. The van der Waals surface area contributed by atoms with Crippen molar-refractivity contribution >= 4 is 11.7 Å². The van der Waals surface area contributed by atoms with Gasteiger partial charge < -0.3 is 18.8 Å². The molecule has 0 saturated heterocycles. The van der Waals surface area contributed by atoms with Crippen LogP contribution in [0.1, 0.15) is 70.7 Å². The van der Waals surface area contributed by atoms with Crippen LogP contribution < -0.4 is 15.0 Å². The third kappa shape index (κ3) is 4.74. The minimum absolute atomic E-state index is 0.139. The van der Waals surface area contributed by atoms with E-state index < -0.39 is 11.6 Å². The number of rotatable bonds is 4. The highest BCUT2D eigenvalue weighted by molar-refractivity contribution is 6.16. The van der Waals surface area contributed by atoms with E-state index in [1.54, 1.807) is 40.1 Å². The molecule has 0 amide bonds. The maximum atomic E-state index is 12.9. The van der Waals surface area contributed by atoms with Gasteiger partial charge in [-0.1, -0.05) is 0 Å². The van der Waals surface area contributed by atoms with Crippen LogP contribution in [0.15, 0.2) is 34.2 Å². The maximum absolute atomic E-state index is 12.9. The van der Waals surface area contributed by atoms with Crippen molar-refractivity contribution in [1.82, 2.24) is 4.57 Å². The van der Waals surface area contributed by atoms with Crippen LogP contribution in [0.4, 0.5) is 0 Å². The van der Waals surface area contributed by atoms with Gasteiger partial charge in [0.25, 0.3) is 5.56 Å². The van der Waals surface area contributed by atoms with Crippen LogP contribution in [0.2, 0.25) is 0 Å². The van der Waals surface area contributed by atoms with Crippen molar-refractivity contribution < 1.29 is 19.0 Å². The summed E-state index contributed by atoms with van der Waals surface area (Å²) in [7, 11) is 1.66. The number of pyridine rings is 1. The van der Waals surface area contributed by atoms with E-state index in [-0.39, 0.29) is 23.2 Å². The van der Waals surface area contributed by atoms with E-state index in [1.165, 1.54) is 4.57 Å². The fourth-order valence-corrected chi connectivity index (χ4v) is 4.73. The van der Waals surface area contributed by atoms with Crippen LogP contribution in [-0.4, -0.2) is 40.1 Å². The van der Waals surface area contributed by atoms with E-state index >= 15 is 0 Å². The van der Waals surface area contributed by atoms with Gasteiger partial charge in [0.1, 0.15) is 17.7 Å². The van der Waals surface area contributed by atoms with E-state index in [0.717, 1.165) is 52.3 Å². The number of esters is 1. The van der Waals surface area contributed by atoms with Gasteiger partial charge >= 0.3 is 5.97 Å². The second-order valence-corrected chi connectivity index (χ2v) is 11.4. The summed E-state index contributed by atoms with van der Waals surface area (Å²) in [6.45, 7) is 13.5. The molecule has 182 valence electrons. The first-order chi connectivity index (χ1) is 15.7. The van der Waals surface area contributed by atoms with E-state index in [2.05, 4.69) is 27.7 Å². The highest BCUT2D eigenvalue weighted by Gasteiger charge is 2.39. The quantitative estimate of drug-likeness (QED) is 0.635. The fraction of sp³-hybridized carbons (Fsp3) is 0.519. The number of carbonyl (C=O) groups excluding carboxylic acids is 1. The molecule has 1 aromatic heterocycles. The predicted octanol–water partition coefficient (Wildman–Crippen LogP) is 4.08. The summed E-state index contributed by atoms with van der Waals surface area (Å²) in [6.07, 6.45) is 3.11. The Bertz CT molecular complexity index is 1240. The van der Waals surface area contributed by atoms with Gasteiger partial charge in [0.05, 0.1) is 18.4 Å². The van der Waals surface area contributed by atoms with Gasteiger partial charge in [-0.15, -0.1) is 0 Å². The highest BCUT2D eigenvalue weighted by Crippen LogP contribution is 2.47. The zero-order valence-electron chi connectivity index (χ0n) is 21.4. The van der Waals surface area contributed by atoms with E-state index in [9.17, 15) is 9.59 Å². The summed E-state index contributed by atoms with van der Waals surface area (Å²) in [5.41, 5.74) is 3.11. The molecule has 0 N–H and O–H groups in total. The summed E-state index contributed by atoms with van der Waals surface area (Å²) in [5, 5.41) is 0. The van der Waals surface area contributed by atoms with Crippen LogP contribution >= 0.6 is 0 Å². The Morgan fingerprint density at radius 1 is 1.18 bits per heavy atom. The topological polar surface area (TPSA) is 79.1 Å². The smallest absolute Gasteiger partial charge is 0.326 e. The van der Waals surface area contributed by atoms with E-state index in [4.69, 9.17) is 19.2 Å². The molecule has 2 aromatic rings. The molecule has 0 spiro atoms. The van der Waals surface area contributed by atoms with Crippen LogP contribution in [0.25, 0.3) is 0 Å². The maximum Gasteiger partial charge on any atom is 0.326 e. The number of ether oxygens (including phenoxy) is 3. The first-order valence-corrected chi connectivity index (χ1v) is 11.6. The third-order valence-electron chi connectivity index (χ3n) is 5.89. The lowest BCUT2D eigenvalue weighted by Crippen LogP contribution is -2.32. The first kappa shape index (κ1) is 24.0. The highest BCUT2D eigenvalue weighted by atomic mass is 16.6. The van der Waals surface area contributed by atoms with Gasteiger partial charge in [0.2, 0.25) is 0 Å². The van der Waals surface area contributed by atoms with Crippen molar-refractivity contribution in [2.24, 2.45) is 4.99 Å². The molecule has 7 nitrogen and oxygen atoms in total. The summed E-state index contributed by atoms with van der Waals surface area (Å²) in [4.78, 5) is 30.3. The predicted molar refractivity (Wildman–Crippen MR) is 131 cm³/mol. The molecule has 3 heterocycles. The number of aromatic nitrogens is 1. The Labute approximate surface area is 200 Å². The zero-order chi connectivity index (χ0) is 25.1. The van der Waals surface area contributed by atoms with Gasteiger partial charge in [0.15, 0.2) is 11.5 Å². The van der Waals surface area contributed by atoms with Crippen LogP contribution in [0.3, 0.4) is 0 Å². The number of fused-ring (bicyclic) bond motifs is 3. The molecule has 7 heteroatoms. The molecule has 2 aliphatic heterocycles. The van der Waals surface area contributed by atoms with Gasteiger partial charge in [0, 0.05) is 35.4 Å². The zero-order valence-corrected chi connectivity index (χ0v) is 21.4. The Balaban J connectivity index is 1.79. The average Bonchev–Trinajstić information content (AvgIpc) is 3.00. The molecule has 0 fully saturated rings. The lowest BCUT2D eigenvalue weighted by Gasteiger charge is -2.31. The molecule has 1 aromatic carbocycles. The summed E-state index contributed by atoms with van der Waals surface area (Å²) in [5.74, 6) is 1.02. The van der Waals surface area contributed by atoms with Crippen molar-refractivity contribution in [1.29, 1.82) is 0 Å². The summed E-state index contributed by atoms with van der Waals surface area (Å²) < 4.78 is 18.6. The molecule has 4 rings (SSSR count). The molecule has 2 aliphatic rings. The number of carbonyl (C=O) groups is 1. The third-order valence-corrected chi connectivity index (χ3v) is 5.89.